The number of hydrogen-bond acceptors (Lipinski definition) is 9. The summed E-state index contributed by atoms with van der Waals surface area (Å²) in [5, 5.41) is 27.6. The van der Waals surface area contributed by atoms with Crippen LogP contribution in [0.25, 0.3) is 0 Å². The molecule has 248 valence electrons. The van der Waals surface area contributed by atoms with Gasteiger partial charge in [-0.1, -0.05) is 69.3 Å². The number of hydrogen-bond donors (Lipinski definition) is 2. The van der Waals surface area contributed by atoms with E-state index in [2.05, 4.69) is 51.2 Å². The Morgan fingerprint density at radius 1 is 0.956 bits per heavy atom. The molecule has 0 aromatic heterocycles. The minimum Gasteiger partial charge on any atom is -0.481 e. The summed E-state index contributed by atoms with van der Waals surface area (Å²) in [4.78, 5) is 53.0. The molecule has 4 saturated carbocycles. The van der Waals surface area contributed by atoms with Gasteiger partial charge in [-0.15, -0.1) is 4.91 Å². The molecule has 2 N–H and O–H groups in total. The number of carboxylic acid groups (broad SMARTS) is 2. The van der Waals surface area contributed by atoms with Crippen molar-refractivity contribution in [2.75, 3.05) is 0 Å². The number of allylic oxidation sites excluding steroid dienone is 2. The minimum absolute atomic E-state index is 0.0260. The molecule has 11 nitrogen and oxygen atoms in total. The van der Waals surface area contributed by atoms with E-state index in [0.29, 0.717) is 23.7 Å². The van der Waals surface area contributed by atoms with Gasteiger partial charge in [0.25, 0.3) is 0 Å². The number of fused-ring (bicyclic) bond motifs is 8. The molecule has 15 unspecified atom stereocenters. The Hall–Kier alpha value is -2.40. The summed E-state index contributed by atoms with van der Waals surface area (Å²) in [7, 11) is 0. The van der Waals surface area contributed by atoms with Crippen LogP contribution in [0.1, 0.15) is 98.8 Å². The lowest BCUT2D eigenvalue weighted by Gasteiger charge is -2.69. The molecule has 0 radical (unpaired) electrons. The fourth-order valence-electron chi connectivity index (χ4n) is 13.3. The highest BCUT2D eigenvalue weighted by Crippen LogP contribution is 2.73. The van der Waals surface area contributed by atoms with Gasteiger partial charge in [0, 0.05) is 0 Å². The first kappa shape index (κ1) is 31.2. The number of aliphatic carboxylic acids is 2. The first-order valence-electron chi connectivity index (χ1n) is 17.2. The molecular weight excluding hydrogens is 578 g/mol. The van der Waals surface area contributed by atoms with Crippen LogP contribution in [0.4, 0.5) is 0 Å². The van der Waals surface area contributed by atoms with E-state index in [0.717, 1.165) is 69.3 Å². The van der Waals surface area contributed by atoms with Crippen LogP contribution < -0.4 is 0 Å². The Bertz CT molecular complexity index is 1320. The van der Waals surface area contributed by atoms with Crippen molar-refractivity contribution in [3.05, 3.63) is 21.5 Å². The fraction of sp³-hybridized carbons (Fsp3) is 0.882. The van der Waals surface area contributed by atoms with Gasteiger partial charge in [0.1, 0.15) is 12.1 Å². The van der Waals surface area contributed by atoms with Gasteiger partial charge in [-0.05, 0) is 103 Å². The van der Waals surface area contributed by atoms with E-state index >= 15 is 0 Å². The summed E-state index contributed by atoms with van der Waals surface area (Å²) in [6.45, 7) is 11.8. The maximum atomic E-state index is 12.8. The number of ether oxygens (including phenoxy) is 1. The van der Waals surface area contributed by atoms with E-state index in [1.54, 1.807) is 0 Å². The van der Waals surface area contributed by atoms with Crippen LogP contribution in [0, 0.1) is 67.0 Å². The van der Waals surface area contributed by atoms with Gasteiger partial charge in [-0.2, -0.15) is 4.91 Å². The lowest BCUT2D eigenvalue weighted by atomic mass is 9.36. The molecule has 2 heterocycles. The first-order valence-corrected chi connectivity index (χ1v) is 17.2. The molecule has 0 spiro atoms. The molecule has 7 aliphatic rings. The second kappa shape index (κ2) is 10.3. The maximum Gasteiger partial charge on any atom is 0.334 e. The van der Waals surface area contributed by atoms with Crippen LogP contribution in [0.15, 0.2) is 22.2 Å². The van der Waals surface area contributed by atoms with Crippen LogP contribution in [0.5, 0.6) is 0 Å². The van der Waals surface area contributed by atoms with E-state index < -0.39 is 47.7 Å². The SMILES string of the molecule is CC1CCCC2(C(=O)O)CCC3C(=CCC4C3(C)CCC3C(C)(C)C(C5OC(C(=O)O)C6C(C5N=O)N6ON=O)CCC34C)C12. The zero-order valence-electron chi connectivity index (χ0n) is 27.2. The van der Waals surface area contributed by atoms with E-state index in [9.17, 15) is 29.6 Å². The van der Waals surface area contributed by atoms with Crippen molar-refractivity contribution in [1.82, 2.24) is 5.06 Å². The smallest absolute Gasteiger partial charge is 0.334 e. The zero-order chi connectivity index (χ0) is 32.3. The molecule has 0 aromatic rings. The normalized spacial score (nSPS) is 52.7. The van der Waals surface area contributed by atoms with Crippen LogP contribution in [0.3, 0.4) is 0 Å². The number of carboxylic acids is 2. The topological polar surface area (TPSA) is 155 Å². The number of rotatable bonds is 6. The quantitative estimate of drug-likeness (QED) is 0.148. The van der Waals surface area contributed by atoms with Gasteiger partial charge in [-0.3, -0.25) is 9.73 Å². The lowest BCUT2D eigenvalue weighted by molar-refractivity contribution is -0.204. The van der Waals surface area contributed by atoms with Crippen LogP contribution in [-0.2, 0) is 19.3 Å². The largest absolute Gasteiger partial charge is 0.481 e. The second-order valence-electron chi connectivity index (χ2n) is 16.9. The third kappa shape index (κ3) is 4.07. The van der Waals surface area contributed by atoms with E-state index in [4.69, 9.17) is 9.68 Å². The van der Waals surface area contributed by atoms with Crippen molar-refractivity contribution in [3.8, 4) is 0 Å². The van der Waals surface area contributed by atoms with Crippen molar-refractivity contribution in [2.24, 2.45) is 67.7 Å². The van der Waals surface area contributed by atoms with Gasteiger partial charge in [0.05, 0.1) is 17.6 Å². The third-order valence-corrected chi connectivity index (χ3v) is 15.1. The predicted octanol–water partition coefficient (Wildman–Crippen LogP) is 6.36. The maximum absolute atomic E-state index is 12.8. The Labute approximate surface area is 264 Å². The number of carbonyl (C=O) groups is 2. The molecule has 0 bridgehead atoms. The van der Waals surface area contributed by atoms with E-state index in [1.807, 2.05) is 0 Å². The monoisotopic (exact) mass is 627 g/mol. The Kier molecular flexibility index (Phi) is 7.14. The van der Waals surface area contributed by atoms with Crippen LogP contribution in [0.2, 0.25) is 0 Å². The molecule has 2 aliphatic heterocycles. The second-order valence-corrected chi connectivity index (χ2v) is 16.9. The Balaban J connectivity index is 1.19. The molecule has 11 heteroatoms. The summed E-state index contributed by atoms with van der Waals surface area (Å²) in [5.74, 6) is -0.172. The summed E-state index contributed by atoms with van der Waals surface area (Å²) < 4.78 is 6.24. The van der Waals surface area contributed by atoms with Crippen molar-refractivity contribution < 1.29 is 29.5 Å². The van der Waals surface area contributed by atoms with Gasteiger partial charge < -0.3 is 14.9 Å². The van der Waals surface area contributed by atoms with E-state index in [-0.39, 0.29) is 28.1 Å². The minimum atomic E-state index is -1.23. The van der Waals surface area contributed by atoms with Crippen LogP contribution >= 0.6 is 0 Å². The molecule has 0 aromatic carbocycles. The standard InChI is InChI=1S/C34H49N3O8/c1-17-7-6-13-34(30(40)41)16-11-19-18(23(17)34)8-9-22-32(19,4)15-12-21-31(2,3)20(10-14-33(21,22)5)27-24(35-42)25-26(37(25)45-36-43)28(44-27)29(38)39/h8,17,19-28H,6-7,9-16H2,1-5H3,(H,38,39)(H,40,41). The highest BCUT2D eigenvalue weighted by molar-refractivity contribution is 5.76. The summed E-state index contributed by atoms with van der Waals surface area (Å²) in [6, 6.07) is -2.27. The van der Waals surface area contributed by atoms with Crippen LogP contribution in [-0.4, -0.2) is 57.5 Å². The predicted molar refractivity (Wildman–Crippen MR) is 163 cm³/mol. The lowest BCUT2D eigenvalue weighted by Crippen LogP contribution is -2.64. The van der Waals surface area contributed by atoms with Crippen molar-refractivity contribution in [3.63, 3.8) is 0 Å². The number of hydroxylamine groups is 2. The zero-order valence-corrected chi connectivity index (χ0v) is 27.2. The van der Waals surface area contributed by atoms with Crippen molar-refractivity contribution in [1.29, 1.82) is 0 Å². The van der Waals surface area contributed by atoms with Crippen molar-refractivity contribution in [2.45, 2.75) is 129 Å². The molecule has 45 heavy (non-hydrogen) atoms. The average molecular weight is 628 g/mol. The summed E-state index contributed by atoms with van der Waals surface area (Å²) in [6.07, 6.45) is 9.90. The molecule has 5 aliphatic carbocycles. The fourth-order valence-corrected chi connectivity index (χ4v) is 13.3. The summed E-state index contributed by atoms with van der Waals surface area (Å²) in [5.41, 5.74) is 0.663. The molecular formula is C34H49N3O8. The first-order chi connectivity index (χ1) is 21.3. The summed E-state index contributed by atoms with van der Waals surface area (Å²) >= 11 is 0. The molecule has 2 saturated heterocycles. The van der Waals surface area contributed by atoms with Gasteiger partial charge >= 0.3 is 11.9 Å². The highest BCUT2D eigenvalue weighted by atomic mass is 16.9. The average Bonchev–Trinajstić information content (AvgIpc) is 3.69. The third-order valence-electron chi connectivity index (χ3n) is 15.1. The Morgan fingerprint density at radius 2 is 1.69 bits per heavy atom. The highest BCUT2D eigenvalue weighted by Gasteiger charge is 2.72. The molecule has 0 amide bonds. The van der Waals surface area contributed by atoms with Gasteiger partial charge in [0.15, 0.2) is 11.4 Å². The molecule has 15 atom stereocenters. The molecule has 7 rings (SSSR count). The molecule has 6 fully saturated rings. The number of nitroso groups, excluding NO2 is 1. The van der Waals surface area contributed by atoms with Gasteiger partial charge in [-0.25, -0.2) is 4.79 Å². The number of nitrogens with zero attached hydrogens (tertiary/aromatic N) is 3. The van der Waals surface area contributed by atoms with E-state index in [1.165, 1.54) is 5.57 Å². The Morgan fingerprint density at radius 3 is 2.36 bits per heavy atom. The van der Waals surface area contributed by atoms with Gasteiger partial charge in [0.2, 0.25) is 0 Å². The van der Waals surface area contributed by atoms with Crippen molar-refractivity contribution >= 4 is 11.9 Å².